The van der Waals surface area contributed by atoms with E-state index >= 15 is 0 Å². The minimum Gasteiger partial charge on any atom is -0.353 e. The first kappa shape index (κ1) is 14.3. The summed E-state index contributed by atoms with van der Waals surface area (Å²) in [6, 6.07) is -0.364. The van der Waals surface area contributed by atoms with Crippen LogP contribution in [0.4, 0.5) is 13.2 Å². The third-order valence-electron chi connectivity index (χ3n) is 3.28. The molecule has 0 aliphatic heterocycles. The number of rotatable bonds is 3. The Morgan fingerprint density at radius 2 is 2.12 bits per heavy atom. The first-order valence-corrected chi connectivity index (χ1v) is 5.91. The molecule has 3 N–H and O–H groups in total. The molecule has 3 unspecified atom stereocenters. The Bertz CT molecular complexity index is 268. The van der Waals surface area contributed by atoms with Crippen molar-refractivity contribution in [1.82, 2.24) is 5.32 Å². The lowest BCUT2D eigenvalue weighted by atomic mass is 9.85. The van der Waals surface area contributed by atoms with Gasteiger partial charge in [-0.1, -0.05) is 13.3 Å². The molecule has 0 bridgehead atoms. The van der Waals surface area contributed by atoms with Crippen LogP contribution in [-0.4, -0.2) is 24.7 Å². The normalized spacial score (nSPS) is 27.6. The maximum absolute atomic E-state index is 12.5. The van der Waals surface area contributed by atoms with Gasteiger partial charge in [0.15, 0.2) is 0 Å². The summed E-state index contributed by atoms with van der Waals surface area (Å²) in [5, 5.41) is 2.65. The van der Waals surface area contributed by atoms with Crippen molar-refractivity contribution in [2.45, 2.75) is 44.8 Å². The molecule has 0 saturated heterocycles. The van der Waals surface area contributed by atoms with Crippen molar-refractivity contribution < 1.29 is 18.0 Å². The quantitative estimate of drug-likeness (QED) is 0.805. The van der Waals surface area contributed by atoms with Crippen LogP contribution in [0.2, 0.25) is 0 Å². The van der Waals surface area contributed by atoms with Gasteiger partial charge in [0.1, 0.15) is 0 Å². The number of hydrogen-bond donors (Lipinski definition) is 2. The summed E-state index contributed by atoms with van der Waals surface area (Å²) in [6.45, 7) is 1.88. The van der Waals surface area contributed by atoms with E-state index in [-0.39, 0.29) is 37.3 Å². The van der Waals surface area contributed by atoms with Crippen LogP contribution in [0.15, 0.2) is 0 Å². The van der Waals surface area contributed by atoms with E-state index in [0.717, 1.165) is 0 Å². The van der Waals surface area contributed by atoms with E-state index in [2.05, 4.69) is 5.32 Å². The zero-order valence-electron chi connectivity index (χ0n) is 9.89. The van der Waals surface area contributed by atoms with Crippen molar-refractivity contribution in [3.63, 3.8) is 0 Å². The Hall–Kier alpha value is -0.780. The van der Waals surface area contributed by atoms with Crippen molar-refractivity contribution in [1.29, 1.82) is 0 Å². The van der Waals surface area contributed by atoms with Crippen LogP contribution >= 0.6 is 0 Å². The van der Waals surface area contributed by atoms with Gasteiger partial charge in [-0.25, -0.2) is 0 Å². The third kappa shape index (κ3) is 4.18. The molecule has 17 heavy (non-hydrogen) atoms. The third-order valence-corrected chi connectivity index (χ3v) is 3.28. The number of amides is 1. The molecule has 100 valence electrons. The van der Waals surface area contributed by atoms with Crippen molar-refractivity contribution in [2.24, 2.45) is 17.6 Å². The zero-order valence-corrected chi connectivity index (χ0v) is 9.89. The maximum atomic E-state index is 12.5. The van der Waals surface area contributed by atoms with Crippen LogP contribution in [0.3, 0.4) is 0 Å². The number of nitrogens with two attached hydrogens (primary N) is 1. The zero-order chi connectivity index (χ0) is 13.1. The molecule has 0 aromatic carbocycles. The maximum Gasteiger partial charge on any atom is 0.391 e. The van der Waals surface area contributed by atoms with Gasteiger partial charge < -0.3 is 11.1 Å². The summed E-state index contributed by atoms with van der Waals surface area (Å²) in [5.74, 6) is -1.88. The minimum atomic E-state index is -4.15. The number of alkyl halides is 3. The first-order valence-electron chi connectivity index (χ1n) is 5.91. The summed E-state index contributed by atoms with van der Waals surface area (Å²) < 4.78 is 37.6. The molecule has 3 nitrogen and oxygen atoms in total. The fourth-order valence-electron chi connectivity index (χ4n) is 2.07. The number of carbonyl (C=O) groups excluding carboxylic acids is 1. The Morgan fingerprint density at radius 1 is 1.47 bits per heavy atom. The standard InChI is InChI=1S/C11H19F3N2O/c1-7(6-15)10(17)16-9-4-2-3-8(5-9)11(12,13)14/h7-9H,2-6,15H2,1H3,(H,16,17). The average molecular weight is 252 g/mol. The SMILES string of the molecule is CC(CN)C(=O)NC1CCCC(C(F)(F)F)C1. The highest BCUT2D eigenvalue weighted by Crippen LogP contribution is 2.37. The van der Waals surface area contributed by atoms with E-state index in [9.17, 15) is 18.0 Å². The number of hydrogen-bond acceptors (Lipinski definition) is 2. The molecule has 3 atom stereocenters. The van der Waals surface area contributed by atoms with E-state index in [1.54, 1.807) is 6.92 Å². The summed E-state index contributed by atoms with van der Waals surface area (Å²) in [4.78, 5) is 11.5. The van der Waals surface area contributed by atoms with Crippen LogP contribution < -0.4 is 11.1 Å². The van der Waals surface area contributed by atoms with Crippen molar-refractivity contribution in [3.8, 4) is 0 Å². The van der Waals surface area contributed by atoms with Crippen LogP contribution in [0.25, 0.3) is 0 Å². The summed E-state index contributed by atoms with van der Waals surface area (Å²) in [7, 11) is 0. The number of halogens is 3. The molecule has 1 amide bonds. The summed E-state index contributed by atoms with van der Waals surface area (Å²) in [5.41, 5.74) is 5.33. The second kappa shape index (κ2) is 5.71. The topological polar surface area (TPSA) is 55.1 Å². The molecule has 0 aromatic rings. The lowest BCUT2D eigenvalue weighted by Gasteiger charge is -2.31. The van der Waals surface area contributed by atoms with Crippen molar-refractivity contribution in [3.05, 3.63) is 0 Å². The molecule has 0 aromatic heterocycles. The van der Waals surface area contributed by atoms with E-state index in [1.165, 1.54) is 0 Å². The van der Waals surface area contributed by atoms with Crippen LogP contribution in [0.1, 0.15) is 32.6 Å². The Morgan fingerprint density at radius 3 is 2.65 bits per heavy atom. The molecule has 1 saturated carbocycles. The Labute approximate surface area is 98.9 Å². The van der Waals surface area contributed by atoms with Gasteiger partial charge in [0.05, 0.1) is 5.92 Å². The van der Waals surface area contributed by atoms with Gasteiger partial charge >= 0.3 is 6.18 Å². The summed E-state index contributed by atoms with van der Waals surface area (Å²) >= 11 is 0. The van der Waals surface area contributed by atoms with Gasteiger partial charge in [0.25, 0.3) is 0 Å². The minimum absolute atomic E-state index is 0.00741. The molecule has 1 rings (SSSR count). The first-order chi connectivity index (χ1) is 7.84. The molecule has 1 aliphatic carbocycles. The van der Waals surface area contributed by atoms with E-state index in [0.29, 0.717) is 12.8 Å². The van der Waals surface area contributed by atoms with Gasteiger partial charge in [-0.2, -0.15) is 13.2 Å². The average Bonchev–Trinajstić information content (AvgIpc) is 2.27. The van der Waals surface area contributed by atoms with Crippen molar-refractivity contribution >= 4 is 5.91 Å². The second-order valence-corrected chi connectivity index (χ2v) is 4.75. The highest BCUT2D eigenvalue weighted by molar-refractivity contribution is 5.78. The summed E-state index contributed by atoms with van der Waals surface area (Å²) in [6.07, 6.45) is -2.86. The van der Waals surface area contributed by atoms with Crippen LogP contribution in [0.5, 0.6) is 0 Å². The predicted octanol–water partition coefficient (Wildman–Crippen LogP) is 1.82. The Kier molecular flexibility index (Phi) is 4.80. The van der Waals surface area contributed by atoms with Gasteiger partial charge in [-0.3, -0.25) is 4.79 Å². The van der Waals surface area contributed by atoms with Crippen LogP contribution in [0, 0.1) is 11.8 Å². The second-order valence-electron chi connectivity index (χ2n) is 4.75. The lowest BCUT2D eigenvalue weighted by Crippen LogP contribution is -2.44. The highest BCUT2D eigenvalue weighted by Gasteiger charge is 2.42. The molecular formula is C11H19F3N2O. The molecule has 0 spiro atoms. The van der Waals surface area contributed by atoms with Gasteiger partial charge in [-0.15, -0.1) is 0 Å². The highest BCUT2D eigenvalue weighted by atomic mass is 19.4. The molecule has 1 aliphatic rings. The Balaban J connectivity index is 2.48. The molecule has 6 heteroatoms. The largest absolute Gasteiger partial charge is 0.391 e. The monoisotopic (exact) mass is 252 g/mol. The fraction of sp³-hybridized carbons (Fsp3) is 0.909. The molecular weight excluding hydrogens is 233 g/mol. The van der Waals surface area contributed by atoms with Gasteiger partial charge in [0.2, 0.25) is 5.91 Å². The number of nitrogens with one attached hydrogen (secondary N) is 1. The smallest absolute Gasteiger partial charge is 0.353 e. The van der Waals surface area contributed by atoms with E-state index in [4.69, 9.17) is 5.73 Å². The van der Waals surface area contributed by atoms with E-state index < -0.39 is 12.1 Å². The van der Waals surface area contributed by atoms with Crippen LogP contribution in [-0.2, 0) is 4.79 Å². The van der Waals surface area contributed by atoms with Crippen molar-refractivity contribution in [2.75, 3.05) is 6.54 Å². The lowest BCUT2D eigenvalue weighted by molar-refractivity contribution is -0.184. The van der Waals surface area contributed by atoms with Gasteiger partial charge in [0, 0.05) is 18.5 Å². The fourth-order valence-corrected chi connectivity index (χ4v) is 2.07. The molecule has 0 radical (unpaired) electrons. The molecule has 0 heterocycles. The predicted molar refractivity (Wildman–Crippen MR) is 58.2 cm³/mol. The van der Waals surface area contributed by atoms with E-state index in [1.807, 2.05) is 0 Å². The molecule has 1 fully saturated rings. The van der Waals surface area contributed by atoms with Gasteiger partial charge in [-0.05, 0) is 19.3 Å². The number of carbonyl (C=O) groups is 1.